The van der Waals surface area contributed by atoms with Gasteiger partial charge in [-0.2, -0.15) is 4.31 Å². The average Bonchev–Trinajstić information content (AvgIpc) is 3.64. The lowest BCUT2D eigenvalue weighted by molar-refractivity contribution is -0.137. The highest BCUT2D eigenvalue weighted by Gasteiger charge is 2.33. The number of aliphatic carboxylic acids is 1. The van der Waals surface area contributed by atoms with E-state index >= 15 is 4.39 Å². The molecule has 3 aromatic carbocycles. The van der Waals surface area contributed by atoms with E-state index in [2.05, 4.69) is 0 Å². The lowest BCUT2D eigenvalue weighted by Crippen LogP contribution is -2.29. The van der Waals surface area contributed by atoms with Crippen molar-refractivity contribution in [1.29, 1.82) is 0 Å². The molecule has 0 aromatic heterocycles. The lowest BCUT2D eigenvalue weighted by atomic mass is 9.90. The zero-order chi connectivity index (χ0) is 29.8. The first-order valence-electron chi connectivity index (χ1n) is 14.2. The van der Waals surface area contributed by atoms with E-state index in [1.807, 2.05) is 38.1 Å². The molecule has 0 radical (unpaired) electrons. The van der Waals surface area contributed by atoms with Gasteiger partial charge >= 0.3 is 5.97 Å². The fraction of sp³-hybridized carbons (Fsp3) is 0.406. The standard InChI is InChI=1S/C32H34FNO7S/c1-18-12-23(40-22-10-11-34(16-22)42(3,37)38)13-19(2)31(18)25-6-8-27(33)32-26(25)7-9-28(32)41-21-4-5-24-20(14-30(35)36)17-39-29(24)15-21/h4-6,8,12-13,15,20,22,28H,7,9-11,14,16-17H2,1-3H3,(H,35,36)/t20-,22-,28-/m1/s1. The molecular weight excluding hydrogens is 561 g/mol. The third-order valence-corrected chi connectivity index (χ3v) is 9.77. The van der Waals surface area contributed by atoms with Crippen molar-refractivity contribution in [3.8, 4) is 28.4 Å². The Bertz CT molecular complexity index is 1650. The Morgan fingerprint density at radius 1 is 1.07 bits per heavy atom. The number of carboxylic acid groups (broad SMARTS) is 1. The molecule has 2 aliphatic heterocycles. The van der Waals surface area contributed by atoms with E-state index in [1.165, 1.54) is 16.6 Å². The smallest absolute Gasteiger partial charge is 0.304 e. The highest BCUT2D eigenvalue weighted by atomic mass is 32.2. The molecule has 10 heteroatoms. The van der Waals surface area contributed by atoms with E-state index in [0.29, 0.717) is 61.8 Å². The lowest BCUT2D eigenvalue weighted by Gasteiger charge is -2.20. The quantitative estimate of drug-likeness (QED) is 0.365. The molecule has 0 amide bonds. The molecular formula is C32H34FNO7S. The minimum absolute atomic E-state index is 0.00546. The van der Waals surface area contributed by atoms with Crippen LogP contribution in [0.15, 0.2) is 42.5 Å². The summed E-state index contributed by atoms with van der Waals surface area (Å²) in [6, 6.07) is 12.7. The first kappa shape index (κ1) is 28.5. The summed E-state index contributed by atoms with van der Waals surface area (Å²) in [4.78, 5) is 11.2. The maximum absolute atomic E-state index is 15.3. The molecule has 0 unspecified atom stereocenters. The Hall–Kier alpha value is -3.63. The van der Waals surface area contributed by atoms with Crippen LogP contribution in [0.4, 0.5) is 4.39 Å². The maximum atomic E-state index is 15.3. The number of sulfonamides is 1. The van der Waals surface area contributed by atoms with Crippen LogP contribution < -0.4 is 14.2 Å². The van der Waals surface area contributed by atoms with Gasteiger partial charge in [-0.05, 0) is 85.2 Å². The molecule has 3 atom stereocenters. The molecule has 0 bridgehead atoms. The van der Waals surface area contributed by atoms with Crippen LogP contribution in [0.3, 0.4) is 0 Å². The SMILES string of the molecule is Cc1cc(O[C@@H]2CCN(S(C)(=O)=O)C2)cc(C)c1-c1ccc(F)c2c1CC[C@H]2Oc1ccc2c(c1)OC[C@H]2CC(=O)O. The van der Waals surface area contributed by atoms with Gasteiger partial charge < -0.3 is 19.3 Å². The van der Waals surface area contributed by atoms with E-state index in [0.717, 1.165) is 33.4 Å². The predicted molar refractivity (Wildman–Crippen MR) is 155 cm³/mol. The number of aryl methyl sites for hydroxylation is 2. The van der Waals surface area contributed by atoms with Crippen molar-refractivity contribution in [2.75, 3.05) is 26.0 Å². The zero-order valence-electron chi connectivity index (χ0n) is 23.9. The number of hydrogen-bond donors (Lipinski definition) is 1. The molecule has 1 fully saturated rings. The summed E-state index contributed by atoms with van der Waals surface area (Å²) >= 11 is 0. The van der Waals surface area contributed by atoms with Gasteiger partial charge in [-0.15, -0.1) is 0 Å². The maximum Gasteiger partial charge on any atom is 0.304 e. The highest BCUT2D eigenvalue weighted by molar-refractivity contribution is 7.88. The van der Waals surface area contributed by atoms with Crippen LogP contribution >= 0.6 is 0 Å². The summed E-state index contributed by atoms with van der Waals surface area (Å²) in [5.41, 5.74) is 6.32. The van der Waals surface area contributed by atoms with Crippen molar-refractivity contribution in [1.82, 2.24) is 4.31 Å². The second-order valence-electron chi connectivity index (χ2n) is 11.5. The summed E-state index contributed by atoms with van der Waals surface area (Å²) < 4.78 is 58.7. The summed E-state index contributed by atoms with van der Waals surface area (Å²) in [6.07, 6.45) is 2.48. The molecule has 42 heavy (non-hydrogen) atoms. The molecule has 3 aliphatic rings. The number of carbonyl (C=O) groups is 1. The highest BCUT2D eigenvalue weighted by Crippen LogP contribution is 2.45. The van der Waals surface area contributed by atoms with Crippen LogP contribution in [-0.4, -0.2) is 55.9 Å². The van der Waals surface area contributed by atoms with Crippen LogP contribution in [0.1, 0.15) is 59.1 Å². The van der Waals surface area contributed by atoms with Gasteiger partial charge in [0.1, 0.15) is 35.3 Å². The largest absolute Gasteiger partial charge is 0.492 e. The molecule has 0 saturated carbocycles. The Kier molecular flexibility index (Phi) is 7.39. The van der Waals surface area contributed by atoms with Gasteiger partial charge in [-0.3, -0.25) is 4.79 Å². The van der Waals surface area contributed by atoms with Gasteiger partial charge in [-0.25, -0.2) is 12.8 Å². The number of carboxylic acids is 1. The van der Waals surface area contributed by atoms with Gasteiger partial charge in [0.25, 0.3) is 0 Å². The van der Waals surface area contributed by atoms with E-state index < -0.39 is 22.1 Å². The Morgan fingerprint density at radius 3 is 2.52 bits per heavy atom. The normalized spacial score (nSPS) is 21.6. The summed E-state index contributed by atoms with van der Waals surface area (Å²) in [5.74, 6) is 0.500. The van der Waals surface area contributed by atoms with Gasteiger partial charge in [0.2, 0.25) is 10.0 Å². The molecule has 2 heterocycles. The van der Waals surface area contributed by atoms with Crippen molar-refractivity contribution < 1.29 is 36.9 Å². The van der Waals surface area contributed by atoms with Crippen molar-refractivity contribution >= 4 is 16.0 Å². The number of hydrogen-bond acceptors (Lipinski definition) is 6. The predicted octanol–water partition coefficient (Wildman–Crippen LogP) is 5.54. The first-order valence-corrected chi connectivity index (χ1v) is 16.0. The minimum atomic E-state index is -3.24. The number of benzene rings is 3. The molecule has 3 aromatic rings. The third kappa shape index (κ3) is 5.45. The Morgan fingerprint density at radius 2 is 1.83 bits per heavy atom. The third-order valence-electron chi connectivity index (χ3n) is 8.50. The summed E-state index contributed by atoms with van der Waals surface area (Å²) in [5, 5.41) is 9.16. The van der Waals surface area contributed by atoms with Crippen molar-refractivity contribution in [2.45, 2.75) is 57.7 Å². The van der Waals surface area contributed by atoms with Crippen LogP contribution in [0.2, 0.25) is 0 Å². The number of halogens is 1. The number of nitrogens with zero attached hydrogens (tertiary/aromatic N) is 1. The zero-order valence-corrected chi connectivity index (χ0v) is 24.7. The van der Waals surface area contributed by atoms with E-state index in [-0.39, 0.29) is 24.3 Å². The molecule has 222 valence electrons. The molecule has 1 aliphatic carbocycles. The molecule has 8 nitrogen and oxygen atoms in total. The van der Waals surface area contributed by atoms with E-state index in [1.54, 1.807) is 12.1 Å². The fourth-order valence-electron chi connectivity index (χ4n) is 6.60. The summed E-state index contributed by atoms with van der Waals surface area (Å²) in [7, 11) is -3.24. The number of rotatable bonds is 8. The van der Waals surface area contributed by atoms with Crippen LogP contribution in [0.25, 0.3) is 11.1 Å². The van der Waals surface area contributed by atoms with Gasteiger partial charge in [0.05, 0.1) is 25.8 Å². The Labute approximate surface area is 245 Å². The Balaban J connectivity index is 1.23. The molecule has 6 rings (SSSR count). The molecule has 0 spiro atoms. The molecule has 1 saturated heterocycles. The second-order valence-corrected chi connectivity index (χ2v) is 13.5. The van der Waals surface area contributed by atoms with Crippen LogP contribution in [-0.2, 0) is 21.2 Å². The van der Waals surface area contributed by atoms with Gasteiger partial charge in [0, 0.05) is 29.7 Å². The summed E-state index contributed by atoms with van der Waals surface area (Å²) in [6.45, 7) is 5.12. The number of ether oxygens (including phenoxy) is 3. The van der Waals surface area contributed by atoms with Gasteiger partial charge in [0.15, 0.2) is 0 Å². The van der Waals surface area contributed by atoms with Gasteiger partial charge in [-0.1, -0.05) is 12.1 Å². The number of fused-ring (bicyclic) bond motifs is 2. The minimum Gasteiger partial charge on any atom is -0.492 e. The molecule has 1 N–H and O–H groups in total. The van der Waals surface area contributed by atoms with Crippen molar-refractivity contribution in [3.63, 3.8) is 0 Å². The average molecular weight is 596 g/mol. The second kappa shape index (κ2) is 10.9. The fourth-order valence-corrected chi connectivity index (χ4v) is 7.48. The monoisotopic (exact) mass is 595 g/mol. The first-order chi connectivity index (χ1) is 20.0. The van der Waals surface area contributed by atoms with Crippen molar-refractivity contribution in [3.05, 3.63) is 76.1 Å². The van der Waals surface area contributed by atoms with Crippen molar-refractivity contribution in [2.24, 2.45) is 0 Å². The van der Waals surface area contributed by atoms with E-state index in [4.69, 9.17) is 19.3 Å². The van der Waals surface area contributed by atoms with E-state index in [9.17, 15) is 13.2 Å². The van der Waals surface area contributed by atoms with Crippen LogP contribution in [0, 0.1) is 19.7 Å². The topological polar surface area (TPSA) is 102 Å². The van der Waals surface area contributed by atoms with Crippen LogP contribution in [0.5, 0.6) is 17.2 Å².